The van der Waals surface area contributed by atoms with Crippen molar-refractivity contribution in [2.75, 3.05) is 18.1 Å². The number of nitrogens with one attached hydrogen (secondary N) is 1. The van der Waals surface area contributed by atoms with Crippen LogP contribution in [0.2, 0.25) is 0 Å². The summed E-state index contributed by atoms with van der Waals surface area (Å²) in [5, 5.41) is 3.29. The third kappa shape index (κ3) is 0.715. The zero-order valence-corrected chi connectivity index (χ0v) is 6.17. The lowest BCUT2D eigenvalue weighted by atomic mass is 9.92. The zero-order chi connectivity index (χ0) is 6.54. The Hall–Kier alpha value is -0.0200. The van der Waals surface area contributed by atoms with Gasteiger partial charge in [-0.05, 0) is 28.4 Å². The van der Waals surface area contributed by atoms with Crippen molar-refractivity contribution in [3.63, 3.8) is 0 Å². The van der Waals surface area contributed by atoms with Crippen molar-refractivity contribution in [3.05, 3.63) is 0 Å². The Labute approximate surface area is 55.6 Å². The van der Waals surface area contributed by atoms with E-state index < -0.39 is 9.52 Å². The van der Waals surface area contributed by atoms with E-state index in [1.807, 2.05) is 0 Å². The first kappa shape index (κ1) is 5.74. The van der Waals surface area contributed by atoms with Crippen LogP contribution >= 0.6 is 0 Å². The molecule has 0 aliphatic carbocycles. The van der Waals surface area contributed by atoms with Gasteiger partial charge in [0.1, 0.15) is 0 Å². The zero-order valence-electron chi connectivity index (χ0n) is 5.35. The second-order valence-corrected chi connectivity index (χ2v) is 5.72. The van der Waals surface area contributed by atoms with Crippen LogP contribution in [0.15, 0.2) is 0 Å². The lowest BCUT2D eigenvalue weighted by Crippen LogP contribution is -2.71. The van der Waals surface area contributed by atoms with Gasteiger partial charge < -0.3 is 5.32 Å². The van der Waals surface area contributed by atoms with Crippen LogP contribution in [0.25, 0.3) is 0 Å². The molecule has 0 amide bonds. The van der Waals surface area contributed by atoms with E-state index in [0.717, 1.165) is 18.1 Å². The van der Waals surface area contributed by atoms with Gasteiger partial charge in [-0.25, -0.2) is 0 Å². The molecule has 0 unspecified atom stereocenters. The predicted molar refractivity (Wildman–Crippen MR) is 40.3 cm³/mol. The molecule has 1 spiro atoms. The van der Waals surface area contributed by atoms with Crippen molar-refractivity contribution in [1.29, 1.82) is 0 Å². The van der Waals surface area contributed by atoms with Crippen LogP contribution in [0.5, 0.6) is 0 Å². The molecule has 2 rings (SSSR count). The Balaban J connectivity index is 2.12. The van der Waals surface area contributed by atoms with Crippen LogP contribution in [-0.4, -0.2) is 33.7 Å². The molecule has 2 nitrogen and oxygen atoms in total. The molecule has 9 heavy (non-hydrogen) atoms. The molecule has 2 heterocycles. The summed E-state index contributed by atoms with van der Waals surface area (Å²) in [5.41, 5.74) is 0.291. The highest BCUT2D eigenvalue weighted by molar-refractivity contribution is 8.01. The van der Waals surface area contributed by atoms with E-state index in [0.29, 0.717) is 5.54 Å². The Morgan fingerprint density at radius 1 is 1.56 bits per heavy atom. The fraction of sp³-hybridized carbons (Fsp3) is 0.833. The van der Waals surface area contributed by atoms with E-state index in [4.69, 9.17) is 0 Å². The molecule has 0 bridgehead atoms. The Kier molecular flexibility index (Phi) is 0.860. The lowest BCUT2D eigenvalue weighted by Gasteiger charge is -2.51. The summed E-state index contributed by atoms with van der Waals surface area (Å²) in [6.45, 7) is 1.11. The van der Waals surface area contributed by atoms with Crippen LogP contribution < -0.4 is 5.32 Å². The molecule has 2 saturated heterocycles. The van der Waals surface area contributed by atoms with Gasteiger partial charge in [0.25, 0.3) is 0 Å². The molecule has 52 valence electrons. The average molecular weight is 145 g/mol. The van der Waals surface area contributed by atoms with E-state index in [1.54, 1.807) is 0 Å². The molecular weight excluding hydrogens is 134 g/mol. The van der Waals surface area contributed by atoms with E-state index in [1.165, 1.54) is 6.42 Å². The maximum atomic E-state index is 11.1. The first-order chi connectivity index (χ1) is 4.12. The number of rotatable bonds is 0. The van der Waals surface area contributed by atoms with E-state index in [2.05, 4.69) is 11.2 Å². The molecule has 3 heteroatoms. The predicted octanol–water partition coefficient (Wildman–Crippen LogP) is -0.552. The van der Waals surface area contributed by atoms with E-state index in [-0.39, 0.29) is 0 Å². The maximum absolute atomic E-state index is 11.1. The Morgan fingerprint density at radius 3 is 2.22 bits per heavy atom. The van der Waals surface area contributed by atoms with Crippen LogP contribution in [0.1, 0.15) is 6.42 Å². The Morgan fingerprint density at radius 2 is 2.11 bits per heavy atom. The third-order valence-electron chi connectivity index (χ3n) is 2.18. The average Bonchev–Trinajstić information content (AvgIpc) is 1.54. The summed E-state index contributed by atoms with van der Waals surface area (Å²) in [7, 11) is -1.61. The Bertz CT molecular complexity index is 211. The van der Waals surface area contributed by atoms with Crippen molar-refractivity contribution >= 4 is 15.4 Å². The van der Waals surface area contributed by atoms with Gasteiger partial charge in [0, 0.05) is 17.0 Å². The van der Waals surface area contributed by atoms with Crippen molar-refractivity contribution in [1.82, 2.24) is 5.32 Å². The molecule has 2 aliphatic rings. The van der Waals surface area contributed by atoms with Gasteiger partial charge in [-0.1, -0.05) is 0 Å². The minimum Gasteiger partial charge on any atom is -0.309 e. The van der Waals surface area contributed by atoms with Gasteiger partial charge in [-0.2, -0.15) is 0 Å². The summed E-state index contributed by atoms with van der Waals surface area (Å²) in [4.78, 5) is 0. The summed E-state index contributed by atoms with van der Waals surface area (Å²) >= 11 is 0. The molecule has 1 N–H and O–H groups in total. The summed E-state index contributed by atoms with van der Waals surface area (Å²) < 4.78 is 11.1. The second-order valence-electron chi connectivity index (χ2n) is 3.21. The molecule has 0 saturated carbocycles. The number of hydrogen-bond acceptors (Lipinski definition) is 2. The SMILES string of the molecule is C=S1(=O)CC2(CCN2)C1. The second kappa shape index (κ2) is 1.35. The first-order valence-corrected chi connectivity index (χ1v) is 5.26. The highest BCUT2D eigenvalue weighted by Crippen LogP contribution is 2.31. The van der Waals surface area contributed by atoms with Gasteiger partial charge in [0.05, 0.1) is 0 Å². The van der Waals surface area contributed by atoms with Crippen LogP contribution in [-0.2, 0) is 9.52 Å². The van der Waals surface area contributed by atoms with Gasteiger partial charge in [-0.3, -0.25) is 4.21 Å². The highest BCUT2D eigenvalue weighted by Gasteiger charge is 2.48. The maximum Gasteiger partial charge on any atom is 0.0413 e. The van der Waals surface area contributed by atoms with E-state index >= 15 is 0 Å². The van der Waals surface area contributed by atoms with Crippen molar-refractivity contribution in [2.45, 2.75) is 12.0 Å². The monoisotopic (exact) mass is 145 g/mol. The van der Waals surface area contributed by atoms with Crippen LogP contribution in [0, 0.1) is 0 Å². The smallest absolute Gasteiger partial charge is 0.0413 e. The van der Waals surface area contributed by atoms with Gasteiger partial charge >= 0.3 is 0 Å². The quantitative estimate of drug-likeness (QED) is 0.463. The van der Waals surface area contributed by atoms with Crippen LogP contribution in [0.4, 0.5) is 0 Å². The molecule has 0 atom stereocenters. The summed E-state index contributed by atoms with van der Waals surface area (Å²) in [6.07, 6.45) is 1.21. The molecule has 0 radical (unpaired) electrons. The fourth-order valence-electron chi connectivity index (χ4n) is 1.69. The minimum absolute atomic E-state index is 0.291. The van der Waals surface area contributed by atoms with Gasteiger partial charge in [0.15, 0.2) is 0 Å². The molecule has 0 aromatic rings. The molecule has 2 aliphatic heterocycles. The van der Waals surface area contributed by atoms with E-state index in [9.17, 15) is 4.21 Å². The van der Waals surface area contributed by atoms with Crippen molar-refractivity contribution < 1.29 is 4.21 Å². The lowest BCUT2D eigenvalue weighted by molar-refractivity contribution is 0.249. The summed E-state index contributed by atoms with van der Waals surface area (Å²) in [6, 6.07) is 0. The number of hydrogen-bond donors (Lipinski definition) is 1. The standard InChI is InChI=1S/C6H11NOS/c1-9(8)4-6(5-9)2-3-7-6/h7H,1-5H2. The molecule has 0 aromatic heterocycles. The third-order valence-corrected chi connectivity index (χ3v) is 4.34. The topological polar surface area (TPSA) is 29.1 Å². The fourth-order valence-corrected chi connectivity index (χ4v) is 4.11. The minimum atomic E-state index is -1.61. The van der Waals surface area contributed by atoms with Crippen molar-refractivity contribution in [3.8, 4) is 0 Å². The molecule has 2 fully saturated rings. The van der Waals surface area contributed by atoms with Gasteiger partial charge in [-0.15, -0.1) is 0 Å². The largest absolute Gasteiger partial charge is 0.309 e. The van der Waals surface area contributed by atoms with Crippen LogP contribution in [0.3, 0.4) is 0 Å². The normalized spacial score (nSPS) is 56.4. The molecular formula is C6H11NOS. The molecule has 0 aromatic carbocycles. The van der Waals surface area contributed by atoms with Crippen molar-refractivity contribution in [2.24, 2.45) is 0 Å². The first-order valence-electron chi connectivity index (χ1n) is 3.20. The summed E-state index contributed by atoms with van der Waals surface area (Å²) in [5.74, 6) is 5.28. The van der Waals surface area contributed by atoms with Gasteiger partial charge in [0.2, 0.25) is 0 Å². The highest BCUT2D eigenvalue weighted by atomic mass is 32.2.